The van der Waals surface area contributed by atoms with Gasteiger partial charge in [-0.3, -0.25) is 4.79 Å². The Morgan fingerprint density at radius 2 is 1.76 bits per heavy atom. The van der Waals surface area contributed by atoms with Crippen LogP contribution in [0.25, 0.3) is 0 Å². The van der Waals surface area contributed by atoms with E-state index in [1.54, 1.807) is 12.1 Å². The topological polar surface area (TPSA) is 120 Å². The van der Waals surface area contributed by atoms with Crippen LogP contribution in [-0.4, -0.2) is 72.2 Å². The van der Waals surface area contributed by atoms with Crippen LogP contribution >= 0.6 is 0 Å². The van der Waals surface area contributed by atoms with E-state index in [9.17, 15) is 18.0 Å². The van der Waals surface area contributed by atoms with Gasteiger partial charge in [0.1, 0.15) is 16.4 Å². The number of benzene rings is 2. The Kier molecular flexibility index (Phi) is 7.90. The Labute approximate surface area is 192 Å². The number of amides is 1. The van der Waals surface area contributed by atoms with E-state index >= 15 is 0 Å². The van der Waals surface area contributed by atoms with Gasteiger partial charge in [0.2, 0.25) is 15.9 Å². The van der Waals surface area contributed by atoms with E-state index < -0.39 is 21.9 Å². The van der Waals surface area contributed by atoms with E-state index in [2.05, 4.69) is 5.32 Å². The number of morpholine rings is 1. The predicted octanol–water partition coefficient (Wildman–Crippen LogP) is 1.69. The number of hydrogen-bond acceptors (Lipinski definition) is 8. The van der Waals surface area contributed by atoms with Gasteiger partial charge in [-0.05, 0) is 35.9 Å². The predicted molar refractivity (Wildman–Crippen MR) is 119 cm³/mol. The first-order valence-corrected chi connectivity index (χ1v) is 11.5. The van der Waals surface area contributed by atoms with E-state index in [-0.39, 0.29) is 41.4 Å². The molecule has 1 saturated heterocycles. The number of ether oxygens (including phenoxy) is 4. The standard InChI is InChI=1S/C22H26N2O8S/c1-29-16-5-6-18(17(14-16)22(26)31-3)23-21(25)13-15-4-7-19(30-2)20(12-15)33(27,28)24-8-10-32-11-9-24/h4-7,12,14H,8-11,13H2,1-3H3,(H,23,25). The molecule has 178 valence electrons. The summed E-state index contributed by atoms with van der Waals surface area (Å²) in [5, 5.41) is 2.67. The number of carbonyl (C=O) groups excluding carboxylic acids is 2. The highest BCUT2D eigenvalue weighted by atomic mass is 32.2. The second kappa shape index (κ2) is 10.6. The number of nitrogens with one attached hydrogen (secondary N) is 1. The van der Waals surface area contributed by atoms with Crippen molar-refractivity contribution >= 4 is 27.6 Å². The third kappa shape index (κ3) is 5.62. The molecule has 0 spiro atoms. The van der Waals surface area contributed by atoms with Crippen molar-refractivity contribution < 1.29 is 37.0 Å². The molecule has 1 heterocycles. The monoisotopic (exact) mass is 478 g/mol. The second-order valence-corrected chi connectivity index (χ2v) is 9.04. The largest absolute Gasteiger partial charge is 0.497 e. The molecule has 3 rings (SSSR count). The zero-order valence-corrected chi connectivity index (χ0v) is 19.4. The van der Waals surface area contributed by atoms with E-state index in [4.69, 9.17) is 18.9 Å². The lowest BCUT2D eigenvalue weighted by molar-refractivity contribution is -0.115. The number of hydrogen-bond donors (Lipinski definition) is 1. The third-order valence-electron chi connectivity index (χ3n) is 5.09. The van der Waals surface area contributed by atoms with Crippen molar-refractivity contribution in [2.75, 3.05) is 52.9 Å². The van der Waals surface area contributed by atoms with Gasteiger partial charge in [0.05, 0.1) is 52.2 Å². The normalized spacial score (nSPS) is 14.4. The maximum atomic E-state index is 13.1. The first-order chi connectivity index (χ1) is 15.8. The molecule has 2 aromatic carbocycles. The molecule has 2 aromatic rings. The van der Waals surface area contributed by atoms with Gasteiger partial charge in [-0.2, -0.15) is 4.31 Å². The minimum atomic E-state index is -3.83. The van der Waals surface area contributed by atoms with Gasteiger partial charge < -0.3 is 24.3 Å². The van der Waals surface area contributed by atoms with Crippen molar-refractivity contribution in [3.8, 4) is 11.5 Å². The Hall–Kier alpha value is -3.15. The fourth-order valence-electron chi connectivity index (χ4n) is 3.38. The minimum absolute atomic E-state index is 0.0168. The molecule has 1 aliphatic rings. The van der Waals surface area contributed by atoms with Crippen LogP contribution in [0.15, 0.2) is 41.3 Å². The summed E-state index contributed by atoms with van der Waals surface area (Å²) < 4.78 is 48.0. The fourth-order valence-corrected chi connectivity index (χ4v) is 4.99. The molecule has 33 heavy (non-hydrogen) atoms. The first-order valence-electron chi connectivity index (χ1n) is 10.1. The summed E-state index contributed by atoms with van der Waals surface area (Å²) in [6.45, 7) is 1.11. The number of nitrogens with zero attached hydrogens (tertiary/aromatic N) is 1. The number of rotatable bonds is 8. The van der Waals surface area contributed by atoms with Gasteiger partial charge >= 0.3 is 5.97 Å². The van der Waals surface area contributed by atoms with Crippen molar-refractivity contribution in [3.05, 3.63) is 47.5 Å². The molecule has 11 heteroatoms. The van der Waals surface area contributed by atoms with Crippen LogP contribution in [0, 0.1) is 0 Å². The van der Waals surface area contributed by atoms with Crippen LogP contribution in [0.1, 0.15) is 15.9 Å². The van der Waals surface area contributed by atoms with Gasteiger partial charge in [-0.25, -0.2) is 13.2 Å². The molecule has 0 unspecified atom stereocenters. The van der Waals surface area contributed by atoms with E-state index in [1.165, 1.54) is 49.9 Å². The SMILES string of the molecule is COC(=O)c1cc(OC)ccc1NC(=O)Cc1ccc(OC)c(S(=O)(=O)N2CCOCC2)c1. The second-order valence-electron chi connectivity index (χ2n) is 7.13. The van der Waals surface area contributed by atoms with Crippen molar-refractivity contribution in [1.82, 2.24) is 4.31 Å². The molecular formula is C22H26N2O8S. The minimum Gasteiger partial charge on any atom is -0.497 e. The van der Waals surface area contributed by atoms with Gasteiger partial charge in [-0.1, -0.05) is 6.07 Å². The average molecular weight is 479 g/mol. The molecular weight excluding hydrogens is 452 g/mol. The van der Waals surface area contributed by atoms with Gasteiger partial charge in [0.15, 0.2) is 0 Å². The average Bonchev–Trinajstić information content (AvgIpc) is 2.84. The number of carbonyl (C=O) groups is 2. The summed E-state index contributed by atoms with van der Waals surface area (Å²) in [5.74, 6) is -0.451. The maximum absolute atomic E-state index is 13.1. The molecule has 10 nitrogen and oxygen atoms in total. The molecule has 1 fully saturated rings. The molecule has 0 saturated carbocycles. The van der Waals surface area contributed by atoms with Crippen molar-refractivity contribution in [1.29, 1.82) is 0 Å². The van der Waals surface area contributed by atoms with Crippen LogP contribution in [0.2, 0.25) is 0 Å². The third-order valence-corrected chi connectivity index (χ3v) is 7.01. The van der Waals surface area contributed by atoms with Crippen molar-refractivity contribution in [3.63, 3.8) is 0 Å². The summed E-state index contributed by atoms with van der Waals surface area (Å²) >= 11 is 0. The summed E-state index contributed by atoms with van der Waals surface area (Å²) in [5.41, 5.74) is 0.853. The van der Waals surface area contributed by atoms with E-state index in [0.29, 0.717) is 24.5 Å². The molecule has 0 atom stereocenters. The molecule has 0 aromatic heterocycles. The highest BCUT2D eigenvalue weighted by molar-refractivity contribution is 7.89. The molecule has 0 aliphatic carbocycles. The van der Waals surface area contributed by atoms with Crippen LogP contribution in [0.5, 0.6) is 11.5 Å². The number of anilines is 1. The maximum Gasteiger partial charge on any atom is 0.340 e. The van der Waals surface area contributed by atoms with Gasteiger partial charge in [-0.15, -0.1) is 0 Å². The summed E-state index contributed by atoms with van der Waals surface area (Å²) in [7, 11) is 0.254. The Balaban J connectivity index is 1.84. The van der Waals surface area contributed by atoms with Crippen LogP contribution in [0.4, 0.5) is 5.69 Å². The molecule has 1 aliphatic heterocycles. The quantitative estimate of drug-likeness (QED) is 0.569. The summed E-state index contributed by atoms with van der Waals surface area (Å²) in [6.07, 6.45) is -0.123. The van der Waals surface area contributed by atoms with Crippen molar-refractivity contribution in [2.45, 2.75) is 11.3 Å². The molecule has 0 radical (unpaired) electrons. The smallest absolute Gasteiger partial charge is 0.340 e. The number of sulfonamides is 1. The van der Waals surface area contributed by atoms with Gasteiger partial charge in [0, 0.05) is 13.1 Å². The zero-order valence-electron chi connectivity index (χ0n) is 18.6. The van der Waals surface area contributed by atoms with Crippen molar-refractivity contribution in [2.24, 2.45) is 0 Å². The molecule has 0 bridgehead atoms. The lowest BCUT2D eigenvalue weighted by Crippen LogP contribution is -2.40. The van der Waals surface area contributed by atoms with Gasteiger partial charge in [0.25, 0.3) is 0 Å². The van der Waals surface area contributed by atoms with E-state index in [0.717, 1.165) is 0 Å². The number of esters is 1. The Morgan fingerprint density at radius 1 is 1.03 bits per heavy atom. The highest BCUT2D eigenvalue weighted by Crippen LogP contribution is 2.29. The molecule has 1 N–H and O–H groups in total. The van der Waals surface area contributed by atoms with Crippen LogP contribution in [-0.2, 0) is 30.7 Å². The molecule has 1 amide bonds. The highest BCUT2D eigenvalue weighted by Gasteiger charge is 2.29. The summed E-state index contributed by atoms with van der Waals surface area (Å²) in [4.78, 5) is 24.8. The number of methoxy groups -OCH3 is 3. The fraction of sp³-hybridized carbons (Fsp3) is 0.364. The van der Waals surface area contributed by atoms with Crippen LogP contribution < -0.4 is 14.8 Å². The lowest BCUT2D eigenvalue weighted by Gasteiger charge is -2.26. The summed E-state index contributed by atoms with van der Waals surface area (Å²) in [6, 6.07) is 9.16. The van der Waals surface area contributed by atoms with Crippen LogP contribution in [0.3, 0.4) is 0 Å². The Morgan fingerprint density at radius 3 is 2.39 bits per heavy atom. The van der Waals surface area contributed by atoms with E-state index in [1.807, 2.05) is 0 Å². The Bertz CT molecular complexity index is 1130. The zero-order chi connectivity index (χ0) is 24.0. The first kappa shape index (κ1) is 24.5. The lowest BCUT2D eigenvalue weighted by atomic mass is 10.1.